The van der Waals surface area contributed by atoms with Crippen molar-refractivity contribution >= 4 is 12.0 Å². The van der Waals surface area contributed by atoms with Gasteiger partial charge in [0, 0.05) is 29.9 Å². The van der Waals surface area contributed by atoms with E-state index in [1.165, 1.54) is 12.1 Å². The fourth-order valence-electron chi connectivity index (χ4n) is 4.13. The number of likely N-dealkylation sites (tertiary alicyclic amines) is 1. The minimum atomic E-state index is -0.555. The van der Waals surface area contributed by atoms with E-state index in [0.717, 1.165) is 28.9 Å². The van der Waals surface area contributed by atoms with Gasteiger partial charge >= 0.3 is 0 Å². The molecule has 1 amide bonds. The summed E-state index contributed by atoms with van der Waals surface area (Å²) in [6.07, 6.45) is 7.06. The van der Waals surface area contributed by atoms with Crippen molar-refractivity contribution in [1.82, 2.24) is 14.5 Å². The molecule has 0 spiro atoms. The predicted molar refractivity (Wildman–Crippen MR) is 123 cm³/mol. The molecule has 0 unspecified atom stereocenters. The van der Waals surface area contributed by atoms with Crippen molar-refractivity contribution in [1.29, 1.82) is 5.26 Å². The number of imidazole rings is 1. The van der Waals surface area contributed by atoms with Crippen molar-refractivity contribution in [3.05, 3.63) is 82.7 Å². The van der Waals surface area contributed by atoms with Crippen LogP contribution in [0.5, 0.6) is 5.75 Å². The molecule has 0 aliphatic carbocycles. The molecule has 1 atom stereocenters. The quantitative estimate of drug-likeness (QED) is 0.521. The van der Waals surface area contributed by atoms with E-state index in [1.807, 2.05) is 55.0 Å². The van der Waals surface area contributed by atoms with Gasteiger partial charge < -0.3 is 14.2 Å². The number of hydrogen-bond donors (Lipinski definition) is 0. The number of hydrogen-bond acceptors (Lipinski definition) is 4. The van der Waals surface area contributed by atoms with Crippen LogP contribution in [-0.2, 0) is 4.79 Å². The Kier molecular flexibility index (Phi) is 6.27. The number of halogens is 1. The summed E-state index contributed by atoms with van der Waals surface area (Å²) in [7, 11) is 1.61. The van der Waals surface area contributed by atoms with Crippen molar-refractivity contribution < 1.29 is 13.9 Å². The molecule has 1 fully saturated rings. The summed E-state index contributed by atoms with van der Waals surface area (Å²) >= 11 is 0. The van der Waals surface area contributed by atoms with Gasteiger partial charge in [-0.2, -0.15) is 5.26 Å². The zero-order valence-electron chi connectivity index (χ0n) is 18.9. The van der Waals surface area contributed by atoms with Crippen LogP contribution in [0.25, 0.3) is 11.8 Å². The molecule has 0 radical (unpaired) electrons. The van der Waals surface area contributed by atoms with Crippen molar-refractivity contribution in [2.24, 2.45) is 0 Å². The van der Waals surface area contributed by atoms with Gasteiger partial charge in [0.1, 0.15) is 17.6 Å². The largest absolute Gasteiger partial charge is 0.496 e. The number of methoxy groups -OCH3 is 1. The van der Waals surface area contributed by atoms with E-state index in [2.05, 4.69) is 4.98 Å². The molecule has 6 nitrogen and oxygen atoms in total. The zero-order valence-corrected chi connectivity index (χ0v) is 18.9. The third-order valence-corrected chi connectivity index (χ3v) is 6.00. The Hall–Kier alpha value is -3.92. The first-order valence-corrected chi connectivity index (χ1v) is 10.8. The van der Waals surface area contributed by atoms with Gasteiger partial charge in [0.2, 0.25) is 5.91 Å². The summed E-state index contributed by atoms with van der Waals surface area (Å²) in [6.45, 7) is 4.44. The molecule has 7 heteroatoms. The fourth-order valence-corrected chi connectivity index (χ4v) is 4.13. The average molecular weight is 445 g/mol. The Morgan fingerprint density at radius 1 is 1.27 bits per heavy atom. The molecule has 4 rings (SSSR count). The van der Waals surface area contributed by atoms with Gasteiger partial charge in [0.25, 0.3) is 0 Å². The van der Waals surface area contributed by atoms with Crippen LogP contribution in [0, 0.1) is 24.1 Å². The lowest BCUT2D eigenvalue weighted by molar-refractivity contribution is -0.130. The molecule has 2 aromatic carbocycles. The van der Waals surface area contributed by atoms with E-state index in [0.29, 0.717) is 24.3 Å². The summed E-state index contributed by atoms with van der Waals surface area (Å²) < 4.78 is 21.3. The number of nitriles is 1. The Morgan fingerprint density at radius 2 is 2.09 bits per heavy atom. The maximum absolute atomic E-state index is 13.7. The highest BCUT2D eigenvalue weighted by molar-refractivity contribution is 5.99. The molecule has 0 saturated carbocycles. The van der Waals surface area contributed by atoms with E-state index in [4.69, 9.17) is 10.00 Å². The van der Waals surface area contributed by atoms with Crippen LogP contribution in [0.3, 0.4) is 0 Å². The summed E-state index contributed by atoms with van der Waals surface area (Å²) in [4.78, 5) is 19.4. The summed E-state index contributed by atoms with van der Waals surface area (Å²) in [6, 6.07) is 11.8. The molecule has 1 saturated heterocycles. The number of benzene rings is 2. The molecule has 168 valence electrons. The molecule has 1 aliphatic heterocycles. The van der Waals surface area contributed by atoms with Gasteiger partial charge in [-0.15, -0.1) is 0 Å². The maximum Gasteiger partial charge on any atom is 0.250 e. The topological polar surface area (TPSA) is 71.2 Å². The highest BCUT2D eigenvalue weighted by Crippen LogP contribution is 2.31. The van der Waals surface area contributed by atoms with Gasteiger partial charge in [-0.3, -0.25) is 4.79 Å². The third kappa shape index (κ3) is 4.51. The number of piperidine rings is 1. The third-order valence-electron chi connectivity index (χ3n) is 6.00. The van der Waals surface area contributed by atoms with Gasteiger partial charge in [0.15, 0.2) is 0 Å². The first-order chi connectivity index (χ1) is 15.9. The van der Waals surface area contributed by atoms with E-state index >= 15 is 0 Å². The number of carbonyl (C=O) groups is 1. The molecule has 1 aromatic heterocycles. The summed E-state index contributed by atoms with van der Waals surface area (Å²) in [5.41, 5.74) is 4.08. The number of rotatable bonds is 5. The van der Waals surface area contributed by atoms with E-state index in [1.54, 1.807) is 24.4 Å². The van der Waals surface area contributed by atoms with Crippen LogP contribution in [0.4, 0.5) is 4.39 Å². The van der Waals surface area contributed by atoms with Crippen molar-refractivity contribution in [2.45, 2.75) is 32.7 Å². The van der Waals surface area contributed by atoms with E-state index < -0.39 is 5.82 Å². The minimum absolute atomic E-state index is 0.0162. The number of aryl methyl sites for hydroxylation is 1. The van der Waals surface area contributed by atoms with Crippen molar-refractivity contribution in [2.75, 3.05) is 13.7 Å². The van der Waals surface area contributed by atoms with E-state index in [9.17, 15) is 9.18 Å². The normalized spacial score (nSPS) is 16.0. The second-order valence-electron chi connectivity index (χ2n) is 8.15. The number of aromatic nitrogens is 2. The summed E-state index contributed by atoms with van der Waals surface area (Å²) in [5, 5.41) is 9.14. The number of amides is 1. The van der Waals surface area contributed by atoms with Gasteiger partial charge in [0.05, 0.1) is 36.4 Å². The lowest BCUT2D eigenvalue weighted by Crippen LogP contribution is -2.38. The molecule has 0 N–H and O–H groups in total. The lowest BCUT2D eigenvalue weighted by atomic mass is 9.96. The molecule has 0 bridgehead atoms. The SMILES string of the molecule is COc1cc(-n2cnc(C)c2)ccc1/C=C1/CCCN([C@@H](C)c2ccc(F)c(C#N)c2)C1=O. The standard InChI is InChI=1S/C26H25FN4O2/c1-17-15-30(16-29-17)23-8-6-20(25(13-23)33-3)12-21-5-4-10-31(26(21)32)18(2)19-7-9-24(27)22(11-19)14-28/h6-9,11-13,15-16,18H,4-5,10H2,1-3H3/b21-12-/t18-/m0/s1. The second-order valence-corrected chi connectivity index (χ2v) is 8.15. The first-order valence-electron chi connectivity index (χ1n) is 10.8. The van der Waals surface area contributed by atoms with Crippen molar-refractivity contribution in [3.8, 4) is 17.5 Å². The van der Waals surface area contributed by atoms with Gasteiger partial charge in [-0.1, -0.05) is 6.07 Å². The smallest absolute Gasteiger partial charge is 0.250 e. The summed E-state index contributed by atoms with van der Waals surface area (Å²) in [5.74, 6) is 0.0508. The monoisotopic (exact) mass is 444 g/mol. The predicted octanol–water partition coefficient (Wildman–Crippen LogP) is 4.97. The Balaban J connectivity index is 1.61. The second kappa shape index (κ2) is 9.29. The Labute approximate surface area is 192 Å². The number of ether oxygens (including phenoxy) is 1. The van der Waals surface area contributed by atoms with Crippen LogP contribution in [0.1, 0.15) is 48.2 Å². The number of nitrogens with zero attached hydrogens (tertiary/aromatic N) is 4. The molecule has 2 heterocycles. The van der Waals surface area contributed by atoms with Crippen molar-refractivity contribution in [3.63, 3.8) is 0 Å². The Morgan fingerprint density at radius 3 is 2.79 bits per heavy atom. The first kappa shape index (κ1) is 22.3. The average Bonchev–Trinajstić information content (AvgIpc) is 3.26. The van der Waals surface area contributed by atoms with Crippen LogP contribution < -0.4 is 4.74 Å². The molecular weight excluding hydrogens is 419 g/mol. The molecule has 3 aromatic rings. The minimum Gasteiger partial charge on any atom is -0.496 e. The highest BCUT2D eigenvalue weighted by Gasteiger charge is 2.28. The molecular formula is C26H25FN4O2. The van der Waals surface area contributed by atoms with E-state index in [-0.39, 0.29) is 17.5 Å². The zero-order chi connectivity index (χ0) is 23.5. The van der Waals surface area contributed by atoms with Crippen LogP contribution in [-0.4, -0.2) is 34.0 Å². The van der Waals surface area contributed by atoms with Gasteiger partial charge in [-0.05, 0) is 62.6 Å². The Bertz CT molecular complexity index is 1270. The van der Waals surface area contributed by atoms with Gasteiger partial charge in [-0.25, -0.2) is 9.37 Å². The fraction of sp³-hybridized carbons (Fsp3) is 0.269. The maximum atomic E-state index is 13.7. The molecule has 1 aliphatic rings. The highest BCUT2D eigenvalue weighted by atomic mass is 19.1. The van der Waals surface area contributed by atoms with Crippen LogP contribution in [0.15, 0.2) is 54.5 Å². The molecule has 33 heavy (non-hydrogen) atoms. The van der Waals surface area contributed by atoms with Crippen LogP contribution in [0.2, 0.25) is 0 Å². The lowest BCUT2D eigenvalue weighted by Gasteiger charge is -2.34. The van der Waals surface area contributed by atoms with Crippen LogP contribution >= 0.6 is 0 Å². The number of carbonyl (C=O) groups excluding carboxylic acids is 1.